The molecule has 0 aromatic rings. The fourth-order valence-electron chi connectivity index (χ4n) is 3.10. The number of hydrogen-bond acceptors (Lipinski definition) is 3. The van der Waals surface area contributed by atoms with Gasteiger partial charge in [-0.05, 0) is 58.4 Å². The Bertz CT molecular complexity index is 310. The second kappa shape index (κ2) is 5.59. The molecule has 0 aromatic heterocycles. The van der Waals surface area contributed by atoms with Crippen molar-refractivity contribution >= 4 is 0 Å². The van der Waals surface area contributed by atoms with E-state index in [1.165, 1.54) is 38.5 Å². The molecule has 0 bridgehead atoms. The third-order valence-corrected chi connectivity index (χ3v) is 4.52. The van der Waals surface area contributed by atoms with Gasteiger partial charge in [0.25, 0.3) is 0 Å². The first kappa shape index (κ1) is 13.8. The Labute approximate surface area is 112 Å². The van der Waals surface area contributed by atoms with Crippen LogP contribution < -0.4 is 5.32 Å². The lowest BCUT2D eigenvalue weighted by Crippen LogP contribution is -2.52. The Hall–Kier alpha value is -0.590. The fourth-order valence-corrected chi connectivity index (χ4v) is 3.10. The Kier molecular flexibility index (Phi) is 4.29. The zero-order chi connectivity index (χ0) is 13.2. The molecule has 0 amide bonds. The summed E-state index contributed by atoms with van der Waals surface area (Å²) >= 11 is 0. The maximum atomic E-state index is 9.41. The molecule has 2 fully saturated rings. The van der Waals surface area contributed by atoms with Crippen molar-refractivity contribution in [1.82, 2.24) is 10.2 Å². The number of nitrogens with zero attached hydrogens (tertiary/aromatic N) is 2. The number of likely N-dealkylation sites (N-methyl/N-ethyl adjacent to an activating group) is 1. The average molecular weight is 249 g/mol. The zero-order valence-corrected chi connectivity index (χ0v) is 12.1. The van der Waals surface area contributed by atoms with Gasteiger partial charge in [0.2, 0.25) is 0 Å². The molecule has 1 unspecified atom stereocenters. The van der Waals surface area contributed by atoms with Crippen molar-refractivity contribution in [3.8, 4) is 6.07 Å². The van der Waals surface area contributed by atoms with Crippen LogP contribution in [0.4, 0.5) is 0 Å². The van der Waals surface area contributed by atoms with E-state index in [0.29, 0.717) is 12.1 Å². The molecule has 2 rings (SSSR count). The van der Waals surface area contributed by atoms with E-state index in [9.17, 15) is 5.26 Å². The summed E-state index contributed by atoms with van der Waals surface area (Å²) in [5, 5.41) is 12.9. The second-order valence-corrected chi connectivity index (χ2v) is 6.69. The average Bonchev–Trinajstić information content (AvgIpc) is 3.13. The first-order valence-electron chi connectivity index (χ1n) is 7.41. The van der Waals surface area contributed by atoms with Gasteiger partial charge in [-0.25, -0.2) is 0 Å². The lowest BCUT2D eigenvalue weighted by Gasteiger charge is -2.37. The largest absolute Gasteiger partial charge is 0.301 e. The molecule has 2 aliphatic rings. The Morgan fingerprint density at radius 2 is 1.83 bits per heavy atom. The van der Waals surface area contributed by atoms with Gasteiger partial charge in [-0.2, -0.15) is 5.26 Å². The van der Waals surface area contributed by atoms with Gasteiger partial charge in [0.05, 0.1) is 6.07 Å². The van der Waals surface area contributed by atoms with Crippen molar-refractivity contribution in [3.05, 3.63) is 0 Å². The van der Waals surface area contributed by atoms with Gasteiger partial charge in [-0.1, -0.05) is 6.92 Å². The van der Waals surface area contributed by atoms with Gasteiger partial charge in [0, 0.05) is 18.6 Å². The van der Waals surface area contributed by atoms with Gasteiger partial charge in [0.1, 0.15) is 5.54 Å². The molecule has 102 valence electrons. The van der Waals surface area contributed by atoms with Gasteiger partial charge in [0.15, 0.2) is 0 Å². The van der Waals surface area contributed by atoms with Gasteiger partial charge < -0.3 is 4.90 Å². The molecule has 1 N–H and O–H groups in total. The van der Waals surface area contributed by atoms with Crippen molar-refractivity contribution in [2.75, 3.05) is 13.6 Å². The van der Waals surface area contributed by atoms with E-state index in [0.717, 1.165) is 12.5 Å². The monoisotopic (exact) mass is 249 g/mol. The lowest BCUT2D eigenvalue weighted by molar-refractivity contribution is 0.145. The van der Waals surface area contributed by atoms with E-state index in [1.54, 1.807) is 0 Å². The lowest BCUT2D eigenvalue weighted by atomic mass is 9.86. The Morgan fingerprint density at radius 3 is 2.33 bits per heavy atom. The Balaban J connectivity index is 1.84. The summed E-state index contributed by atoms with van der Waals surface area (Å²) in [5.41, 5.74) is -0.376. The van der Waals surface area contributed by atoms with Crippen molar-refractivity contribution in [2.45, 2.75) is 70.0 Å². The van der Waals surface area contributed by atoms with Crippen LogP contribution in [0.1, 0.15) is 52.4 Å². The van der Waals surface area contributed by atoms with Gasteiger partial charge in [-0.15, -0.1) is 0 Å². The summed E-state index contributed by atoms with van der Waals surface area (Å²) in [4.78, 5) is 2.41. The van der Waals surface area contributed by atoms with Crippen LogP contribution in [-0.4, -0.2) is 36.1 Å². The second-order valence-electron chi connectivity index (χ2n) is 6.69. The molecule has 18 heavy (non-hydrogen) atoms. The van der Waals surface area contributed by atoms with Crippen molar-refractivity contribution < 1.29 is 0 Å². The molecule has 0 radical (unpaired) electrons. The zero-order valence-electron chi connectivity index (χ0n) is 12.1. The minimum atomic E-state index is -0.376. The third kappa shape index (κ3) is 3.70. The first-order chi connectivity index (χ1) is 8.52. The first-order valence-corrected chi connectivity index (χ1v) is 7.41. The van der Waals surface area contributed by atoms with Gasteiger partial charge >= 0.3 is 0 Å². The number of nitrogens with one attached hydrogen (secondary N) is 1. The van der Waals surface area contributed by atoms with E-state index in [4.69, 9.17) is 0 Å². The standard InChI is InChI=1S/C15H27N3/c1-12-4-8-14(9-5-12)18(3)11-15(2,10-16)17-13-6-7-13/h12-14,17H,4-9,11H2,1-3H3. The van der Waals surface area contributed by atoms with E-state index in [-0.39, 0.29) is 5.54 Å². The molecule has 2 aliphatic carbocycles. The maximum Gasteiger partial charge on any atom is 0.116 e. The quantitative estimate of drug-likeness (QED) is 0.814. The molecule has 1 atom stereocenters. The van der Waals surface area contributed by atoms with E-state index < -0.39 is 0 Å². The number of nitriles is 1. The topological polar surface area (TPSA) is 39.1 Å². The molecular formula is C15H27N3. The maximum absolute atomic E-state index is 9.41. The molecule has 3 nitrogen and oxygen atoms in total. The van der Waals surface area contributed by atoms with Crippen LogP contribution in [0.2, 0.25) is 0 Å². The van der Waals surface area contributed by atoms with Crippen LogP contribution in [0.5, 0.6) is 0 Å². The Morgan fingerprint density at radius 1 is 1.22 bits per heavy atom. The summed E-state index contributed by atoms with van der Waals surface area (Å²) in [6.07, 6.45) is 7.75. The van der Waals surface area contributed by atoms with Crippen LogP contribution in [0.15, 0.2) is 0 Å². The highest BCUT2D eigenvalue weighted by molar-refractivity contribution is 5.09. The molecule has 3 heteroatoms. The number of hydrogen-bond donors (Lipinski definition) is 1. The van der Waals surface area contributed by atoms with E-state index >= 15 is 0 Å². The van der Waals surface area contributed by atoms with Crippen LogP contribution in [-0.2, 0) is 0 Å². The van der Waals surface area contributed by atoms with E-state index in [2.05, 4.69) is 30.3 Å². The predicted molar refractivity (Wildman–Crippen MR) is 74.2 cm³/mol. The molecule has 0 spiro atoms. The molecule has 0 heterocycles. The summed E-state index contributed by atoms with van der Waals surface area (Å²) in [5.74, 6) is 0.890. The molecule has 0 saturated heterocycles. The van der Waals surface area contributed by atoms with Crippen molar-refractivity contribution in [2.24, 2.45) is 5.92 Å². The van der Waals surface area contributed by atoms with Crippen molar-refractivity contribution in [1.29, 1.82) is 5.26 Å². The molecule has 0 aromatic carbocycles. The minimum Gasteiger partial charge on any atom is -0.301 e. The highest BCUT2D eigenvalue weighted by Crippen LogP contribution is 2.28. The molecule has 2 saturated carbocycles. The molecular weight excluding hydrogens is 222 g/mol. The van der Waals surface area contributed by atoms with E-state index in [1.807, 2.05) is 6.92 Å². The van der Waals surface area contributed by atoms with Crippen LogP contribution in [0.3, 0.4) is 0 Å². The summed E-state index contributed by atoms with van der Waals surface area (Å²) in [7, 11) is 2.19. The number of rotatable bonds is 5. The molecule has 0 aliphatic heterocycles. The van der Waals surface area contributed by atoms with Crippen LogP contribution in [0.25, 0.3) is 0 Å². The minimum absolute atomic E-state index is 0.376. The van der Waals surface area contributed by atoms with Crippen LogP contribution in [0, 0.1) is 17.2 Å². The van der Waals surface area contributed by atoms with Crippen molar-refractivity contribution in [3.63, 3.8) is 0 Å². The van der Waals surface area contributed by atoms with Gasteiger partial charge in [-0.3, -0.25) is 5.32 Å². The third-order valence-electron chi connectivity index (χ3n) is 4.52. The highest BCUT2D eigenvalue weighted by atomic mass is 15.2. The smallest absolute Gasteiger partial charge is 0.116 e. The summed E-state index contributed by atoms with van der Waals surface area (Å²) < 4.78 is 0. The SMILES string of the molecule is CC1CCC(N(C)CC(C)(C#N)NC2CC2)CC1. The van der Waals surface area contributed by atoms with Crippen LogP contribution >= 0.6 is 0 Å². The predicted octanol–water partition coefficient (Wildman–Crippen LogP) is 2.53. The fraction of sp³-hybridized carbons (Fsp3) is 0.933. The normalized spacial score (nSPS) is 31.9. The summed E-state index contributed by atoms with van der Waals surface area (Å²) in [6.45, 7) is 5.25. The highest BCUT2D eigenvalue weighted by Gasteiger charge is 2.35. The summed E-state index contributed by atoms with van der Waals surface area (Å²) in [6, 6.07) is 3.74.